The van der Waals surface area contributed by atoms with Gasteiger partial charge in [-0.15, -0.1) is 0 Å². The van der Waals surface area contributed by atoms with Crippen LogP contribution in [-0.2, 0) is 5.41 Å². The molecule has 1 aromatic rings. The largest absolute Gasteiger partial charge is 0.399 e. The summed E-state index contributed by atoms with van der Waals surface area (Å²) < 4.78 is 0. The van der Waals surface area contributed by atoms with E-state index in [0.29, 0.717) is 10.7 Å². The van der Waals surface area contributed by atoms with Gasteiger partial charge in [-0.2, -0.15) is 5.26 Å². The summed E-state index contributed by atoms with van der Waals surface area (Å²) in [5, 5.41) is 9.50. The molecule has 0 aliphatic carbocycles. The molecule has 0 aromatic heterocycles. The highest BCUT2D eigenvalue weighted by Gasteiger charge is 2.22. The highest BCUT2D eigenvalue weighted by atomic mass is 35.5. The maximum absolute atomic E-state index is 8.91. The van der Waals surface area contributed by atoms with Crippen molar-refractivity contribution in [1.29, 1.82) is 5.26 Å². The van der Waals surface area contributed by atoms with E-state index in [9.17, 15) is 0 Å². The molecule has 68 valence electrons. The zero-order valence-electron chi connectivity index (χ0n) is 7.63. The smallest absolute Gasteiger partial charge is 0.0781 e. The number of halogens is 1. The molecular weight excluding hydrogens is 184 g/mol. The van der Waals surface area contributed by atoms with Gasteiger partial charge in [0, 0.05) is 10.7 Å². The molecule has 1 aromatic carbocycles. The van der Waals surface area contributed by atoms with Gasteiger partial charge in [-0.05, 0) is 37.6 Å². The molecular formula is C10H11ClN2. The maximum atomic E-state index is 8.91. The van der Waals surface area contributed by atoms with Crippen molar-refractivity contribution in [2.45, 2.75) is 19.3 Å². The summed E-state index contributed by atoms with van der Waals surface area (Å²) >= 11 is 5.95. The lowest BCUT2D eigenvalue weighted by atomic mass is 9.86. The number of hydrogen-bond donors (Lipinski definition) is 1. The van der Waals surface area contributed by atoms with Crippen LogP contribution in [0.4, 0.5) is 5.69 Å². The van der Waals surface area contributed by atoms with Crippen molar-refractivity contribution in [2.75, 3.05) is 5.73 Å². The van der Waals surface area contributed by atoms with Crippen LogP contribution in [0.15, 0.2) is 18.2 Å². The Morgan fingerprint density at radius 1 is 1.46 bits per heavy atom. The van der Waals surface area contributed by atoms with Crippen molar-refractivity contribution in [1.82, 2.24) is 0 Å². The first-order chi connectivity index (χ1) is 5.97. The third kappa shape index (κ3) is 1.93. The van der Waals surface area contributed by atoms with Crippen LogP contribution in [0.1, 0.15) is 19.4 Å². The average molecular weight is 195 g/mol. The minimum absolute atomic E-state index is 0.584. The van der Waals surface area contributed by atoms with Gasteiger partial charge in [0.15, 0.2) is 0 Å². The van der Waals surface area contributed by atoms with Crippen molar-refractivity contribution in [3.05, 3.63) is 28.8 Å². The molecule has 13 heavy (non-hydrogen) atoms. The third-order valence-corrected chi connectivity index (χ3v) is 2.27. The number of hydrogen-bond acceptors (Lipinski definition) is 2. The highest BCUT2D eigenvalue weighted by Crippen LogP contribution is 2.30. The predicted octanol–water partition coefficient (Wildman–Crippen LogP) is 2.72. The number of benzene rings is 1. The van der Waals surface area contributed by atoms with Crippen molar-refractivity contribution in [3.63, 3.8) is 0 Å². The quantitative estimate of drug-likeness (QED) is 0.699. The van der Waals surface area contributed by atoms with Gasteiger partial charge >= 0.3 is 0 Å². The number of nitrogens with zero attached hydrogens (tertiary/aromatic N) is 1. The van der Waals surface area contributed by atoms with Crippen LogP contribution in [0.2, 0.25) is 5.02 Å². The maximum Gasteiger partial charge on any atom is 0.0781 e. The Morgan fingerprint density at radius 3 is 2.62 bits per heavy atom. The van der Waals surface area contributed by atoms with Gasteiger partial charge in [-0.25, -0.2) is 0 Å². The van der Waals surface area contributed by atoms with Crippen LogP contribution >= 0.6 is 11.6 Å². The Kier molecular flexibility index (Phi) is 2.49. The van der Waals surface area contributed by atoms with Crippen LogP contribution in [0.5, 0.6) is 0 Å². The topological polar surface area (TPSA) is 49.8 Å². The van der Waals surface area contributed by atoms with E-state index in [2.05, 4.69) is 6.07 Å². The molecule has 0 aliphatic heterocycles. The van der Waals surface area contributed by atoms with Crippen molar-refractivity contribution >= 4 is 17.3 Å². The van der Waals surface area contributed by atoms with Crippen LogP contribution in [0.25, 0.3) is 0 Å². The van der Waals surface area contributed by atoms with E-state index in [1.165, 1.54) is 0 Å². The average Bonchev–Trinajstić information content (AvgIpc) is 2.09. The molecule has 2 N–H and O–H groups in total. The van der Waals surface area contributed by atoms with Crippen LogP contribution in [-0.4, -0.2) is 0 Å². The molecule has 0 bridgehead atoms. The Balaban J connectivity index is 3.30. The molecule has 0 spiro atoms. The fourth-order valence-corrected chi connectivity index (χ4v) is 1.44. The molecule has 1 rings (SSSR count). The summed E-state index contributed by atoms with van der Waals surface area (Å²) in [7, 11) is 0. The van der Waals surface area contributed by atoms with Crippen molar-refractivity contribution in [3.8, 4) is 6.07 Å². The summed E-state index contributed by atoms with van der Waals surface area (Å²) in [4.78, 5) is 0. The van der Waals surface area contributed by atoms with Gasteiger partial charge in [0.25, 0.3) is 0 Å². The lowest BCUT2D eigenvalue weighted by molar-refractivity contribution is 0.687. The SMILES string of the molecule is CC(C)(C#N)c1cc(N)ccc1Cl. The molecule has 0 heterocycles. The second kappa shape index (κ2) is 3.27. The summed E-state index contributed by atoms with van der Waals surface area (Å²) in [6.45, 7) is 3.63. The van der Waals surface area contributed by atoms with Crippen molar-refractivity contribution in [2.24, 2.45) is 0 Å². The number of rotatable bonds is 1. The van der Waals surface area contributed by atoms with E-state index < -0.39 is 5.41 Å². The first kappa shape index (κ1) is 9.88. The van der Waals surface area contributed by atoms with Crippen LogP contribution in [0, 0.1) is 11.3 Å². The fraction of sp³-hybridized carbons (Fsp3) is 0.300. The first-order valence-corrected chi connectivity index (χ1v) is 4.32. The first-order valence-electron chi connectivity index (χ1n) is 3.94. The molecule has 0 saturated carbocycles. The normalized spacial score (nSPS) is 10.9. The summed E-state index contributed by atoms with van der Waals surface area (Å²) in [6.07, 6.45) is 0. The van der Waals surface area contributed by atoms with Gasteiger partial charge in [0.2, 0.25) is 0 Å². The fourth-order valence-electron chi connectivity index (χ4n) is 1.08. The molecule has 0 saturated heterocycles. The summed E-state index contributed by atoms with van der Waals surface area (Å²) in [5.74, 6) is 0. The van der Waals surface area contributed by atoms with E-state index >= 15 is 0 Å². The van der Waals surface area contributed by atoms with E-state index in [1.807, 2.05) is 13.8 Å². The zero-order valence-corrected chi connectivity index (χ0v) is 8.39. The number of nitrogen functional groups attached to an aromatic ring is 1. The number of nitriles is 1. The van der Waals surface area contributed by atoms with E-state index in [1.54, 1.807) is 18.2 Å². The molecule has 0 atom stereocenters. The number of anilines is 1. The lowest BCUT2D eigenvalue weighted by Crippen LogP contribution is -2.14. The Bertz CT molecular complexity index is 364. The molecule has 0 radical (unpaired) electrons. The van der Waals surface area contributed by atoms with E-state index in [4.69, 9.17) is 22.6 Å². The Hall–Kier alpha value is -1.20. The second-order valence-corrected chi connectivity index (χ2v) is 3.88. The molecule has 0 unspecified atom stereocenters. The highest BCUT2D eigenvalue weighted by molar-refractivity contribution is 6.31. The van der Waals surface area contributed by atoms with Gasteiger partial charge < -0.3 is 5.73 Å². The summed E-state index contributed by atoms with van der Waals surface area (Å²) in [6, 6.07) is 7.36. The van der Waals surface area contributed by atoms with Gasteiger partial charge in [0.1, 0.15) is 0 Å². The third-order valence-electron chi connectivity index (χ3n) is 1.94. The van der Waals surface area contributed by atoms with Crippen molar-refractivity contribution < 1.29 is 0 Å². The van der Waals surface area contributed by atoms with E-state index in [0.717, 1.165) is 5.56 Å². The summed E-state index contributed by atoms with van der Waals surface area (Å²) in [5.41, 5.74) is 6.42. The molecule has 0 fully saturated rings. The Labute approximate surface area is 82.9 Å². The molecule has 3 heteroatoms. The predicted molar refractivity (Wildman–Crippen MR) is 54.5 cm³/mol. The monoisotopic (exact) mass is 194 g/mol. The van der Waals surface area contributed by atoms with Gasteiger partial charge in [-0.3, -0.25) is 0 Å². The standard InChI is InChI=1S/C10H11ClN2/c1-10(2,6-12)8-5-7(13)3-4-9(8)11/h3-5H,13H2,1-2H3. The van der Waals surface area contributed by atoms with Gasteiger partial charge in [0.05, 0.1) is 11.5 Å². The van der Waals surface area contributed by atoms with Gasteiger partial charge in [-0.1, -0.05) is 11.6 Å². The second-order valence-electron chi connectivity index (χ2n) is 3.48. The molecule has 2 nitrogen and oxygen atoms in total. The lowest BCUT2D eigenvalue weighted by Gasteiger charge is -2.17. The number of nitrogens with two attached hydrogens (primary N) is 1. The van der Waals surface area contributed by atoms with Crippen LogP contribution in [0.3, 0.4) is 0 Å². The minimum atomic E-state index is -0.591. The minimum Gasteiger partial charge on any atom is -0.399 e. The van der Waals surface area contributed by atoms with Crippen LogP contribution < -0.4 is 5.73 Å². The van der Waals surface area contributed by atoms with E-state index in [-0.39, 0.29) is 0 Å². The molecule has 0 aliphatic rings. The zero-order chi connectivity index (χ0) is 10.1. The molecule has 0 amide bonds. The Morgan fingerprint density at radius 2 is 2.08 bits per heavy atom.